The van der Waals surface area contributed by atoms with E-state index in [4.69, 9.17) is 11.6 Å². The number of carbonyl (C=O) groups excluding carboxylic acids is 2. The van der Waals surface area contributed by atoms with E-state index in [0.29, 0.717) is 11.3 Å². The van der Waals surface area contributed by atoms with Gasteiger partial charge in [-0.3, -0.25) is 10.1 Å². The lowest BCUT2D eigenvalue weighted by Gasteiger charge is -2.07. The lowest BCUT2D eigenvalue weighted by Crippen LogP contribution is -2.20. The van der Waals surface area contributed by atoms with E-state index < -0.39 is 6.03 Å². The van der Waals surface area contributed by atoms with Crippen molar-refractivity contribution in [2.75, 3.05) is 10.6 Å². The fourth-order valence-corrected chi connectivity index (χ4v) is 1.58. The Labute approximate surface area is 120 Å². The molecule has 0 saturated carbocycles. The normalized spacial score (nSPS) is 9.90. The first-order valence-corrected chi connectivity index (χ1v) is 6.10. The Morgan fingerprint density at radius 1 is 1.10 bits per heavy atom. The van der Waals surface area contributed by atoms with Crippen molar-refractivity contribution >= 4 is 34.9 Å². The molecule has 0 aliphatic heterocycles. The zero-order chi connectivity index (χ0) is 14.5. The van der Waals surface area contributed by atoms with E-state index in [2.05, 4.69) is 20.8 Å². The third-order valence-electron chi connectivity index (χ3n) is 2.40. The van der Waals surface area contributed by atoms with Crippen LogP contribution < -0.4 is 10.6 Å². The molecule has 1 aromatic heterocycles. The highest BCUT2D eigenvalue weighted by Crippen LogP contribution is 2.12. The summed E-state index contributed by atoms with van der Waals surface area (Å²) in [6.45, 7) is 1.46. The maximum atomic E-state index is 11.7. The second-order valence-electron chi connectivity index (χ2n) is 3.96. The first-order valence-electron chi connectivity index (χ1n) is 5.73. The van der Waals surface area contributed by atoms with Crippen LogP contribution in [0.2, 0.25) is 5.15 Å². The van der Waals surface area contributed by atoms with Gasteiger partial charge in [0, 0.05) is 11.3 Å². The summed E-state index contributed by atoms with van der Waals surface area (Å²) in [4.78, 5) is 23.0. The standard InChI is InChI=1S/C13H11ClN4O2/c1-8(19)9-3-2-4-10(7-9)15-13(20)16-12-6-5-11(14)17-18-12/h2-7H,1H3,(H2,15,16,18,20). The van der Waals surface area contributed by atoms with Gasteiger partial charge >= 0.3 is 6.03 Å². The number of Topliss-reactive ketones (excluding diaryl/α,β-unsaturated/α-hetero) is 1. The fourth-order valence-electron chi connectivity index (χ4n) is 1.48. The maximum Gasteiger partial charge on any atom is 0.324 e. The van der Waals surface area contributed by atoms with E-state index in [9.17, 15) is 9.59 Å². The van der Waals surface area contributed by atoms with Crippen LogP contribution in [-0.4, -0.2) is 22.0 Å². The van der Waals surface area contributed by atoms with Crippen LogP contribution in [0.5, 0.6) is 0 Å². The zero-order valence-corrected chi connectivity index (χ0v) is 11.3. The number of aromatic nitrogens is 2. The molecule has 0 fully saturated rings. The van der Waals surface area contributed by atoms with Crippen molar-refractivity contribution in [2.45, 2.75) is 6.92 Å². The Morgan fingerprint density at radius 2 is 1.90 bits per heavy atom. The number of nitrogens with one attached hydrogen (secondary N) is 2. The topological polar surface area (TPSA) is 84.0 Å². The number of amides is 2. The largest absolute Gasteiger partial charge is 0.324 e. The highest BCUT2D eigenvalue weighted by Gasteiger charge is 2.06. The van der Waals surface area contributed by atoms with Crippen LogP contribution in [0.4, 0.5) is 16.3 Å². The molecule has 102 valence electrons. The molecule has 20 heavy (non-hydrogen) atoms. The van der Waals surface area contributed by atoms with Crippen molar-refractivity contribution in [1.82, 2.24) is 10.2 Å². The summed E-state index contributed by atoms with van der Waals surface area (Å²) < 4.78 is 0. The summed E-state index contributed by atoms with van der Waals surface area (Å²) in [5, 5.41) is 12.6. The van der Waals surface area contributed by atoms with Crippen molar-refractivity contribution in [3.63, 3.8) is 0 Å². The molecule has 1 heterocycles. The Balaban J connectivity index is 2.02. The molecular formula is C13H11ClN4O2. The molecule has 0 saturated heterocycles. The molecule has 2 aromatic rings. The van der Waals surface area contributed by atoms with Gasteiger partial charge in [0.05, 0.1) is 0 Å². The third kappa shape index (κ3) is 3.76. The van der Waals surface area contributed by atoms with E-state index in [1.54, 1.807) is 24.3 Å². The molecule has 0 atom stereocenters. The number of ketones is 1. The van der Waals surface area contributed by atoms with Crippen LogP contribution in [0.25, 0.3) is 0 Å². The van der Waals surface area contributed by atoms with Crippen molar-refractivity contribution < 1.29 is 9.59 Å². The molecule has 2 amide bonds. The van der Waals surface area contributed by atoms with E-state index in [-0.39, 0.29) is 16.8 Å². The lowest BCUT2D eigenvalue weighted by atomic mass is 10.1. The van der Waals surface area contributed by atoms with Crippen LogP contribution >= 0.6 is 11.6 Å². The van der Waals surface area contributed by atoms with Crippen molar-refractivity contribution in [2.24, 2.45) is 0 Å². The monoisotopic (exact) mass is 290 g/mol. The third-order valence-corrected chi connectivity index (χ3v) is 2.60. The van der Waals surface area contributed by atoms with Crippen LogP contribution in [0, 0.1) is 0 Å². The maximum absolute atomic E-state index is 11.7. The number of anilines is 2. The van der Waals surface area contributed by atoms with E-state index >= 15 is 0 Å². The van der Waals surface area contributed by atoms with E-state index in [1.807, 2.05) is 0 Å². The Bertz CT molecular complexity index is 643. The van der Waals surface area contributed by atoms with E-state index in [1.165, 1.54) is 19.1 Å². The van der Waals surface area contributed by atoms with E-state index in [0.717, 1.165) is 0 Å². The second kappa shape index (κ2) is 6.12. The molecule has 0 aliphatic carbocycles. The number of nitrogens with zero attached hydrogens (tertiary/aromatic N) is 2. The summed E-state index contributed by atoms with van der Waals surface area (Å²) in [5.74, 6) is 0.201. The minimum atomic E-state index is -0.484. The molecule has 6 nitrogen and oxygen atoms in total. The molecule has 0 radical (unpaired) electrons. The molecule has 1 aromatic carbocycles. The molecule has 0 spiro atoms. The zero-order valence-electron chi connectivity index (χ0n) is 10.6. The average molecular weight is 291 g/mol. The number of carbonyl (C=O) groups is 2. The van der Waals surface area contributed by atoms with Gasteiger partial charge in [-0.15, -0.1) is 10.2 Å². The summed E-state index contributed by atoms with van der Waals surface area (Å²) in [6, 6.07) is 9.20. The number of rotatable bonds is 3. The summed E-state index contributed by atoms with van der Waals surface area (Å²) >= 11 is 5.59. The molecule has 0 bridgehead atoms. The molecule has 2 rings (SSSR count). The highest BCUT2D eigenvalue weighted by molar-refractivity contribution is 6.29. The molecular weight excluding hydrogens is 280 g/mol. The summed E-state index contributed by atoms with van der Waals surface area (Å²) in [6.07, 6.45) is 0. The van der Waals surface area contributed by atoms with Gasteiger partial charge in [-0.05, 0) is 31.2 Å². The molecule has 0 unspecified atom stereocenters. The average Bonchev–Trinajstić information content (AvgIpc) is 2.41. The summed E-state index contributed by atoms with van der Waals surface area (Å²) in [7, 11) is 0. The lowest BCUT2D eigenvalue weighted by molar-refractivity contribution is 0.101. The van der Waals surface area contributed by atoms with Gasteiger partial charge in [-0.2, -0.15) is 0 Å². The number of hydrogen-bond donors (Lipinski definition) is 2. The Morgan fingerprint density at radius 3 is 2.55 bits per heavy atom. The predicted molar refractivity (Wildman–Crippen MR) is 76.1 cm³/mol. The number of hydrogen-bond acceptors (Lipinski definition) is 4. The van der Waals surface area contributed by atoms with Gasteiger partial charge in [0.1, 0.15) is 0 Å². The van der Waals surface area contributed by atoms with Crippen molar-refractivity contribution in [3.05, 3.63) is 47.1 Å². The smallest absolute Gasteiger partial charge is 0.308 e. The minimum absolute atomic E-state index is 0.0716. The van der Waals surface area contributed by atoms with Gasteiger partial charge in [0.2, 0.25) is 0 Å². The SMILES string of the molecule is CC(=O)c1cccc(NC(=O)Nc2ccc(Cl)nn2)c1. The molecule has 0 aliphatic rings. The Kier molecular flexibility index (Phi) is 4.27. The molecule has 2 N–H and O–H groups in total. The molecule has 7 heteroatoms. The van der Waals surface area contributed by atoms with Gasteiger partial charge < -0.3 is 5.32 Å². The fraction of sp³-hybridized carbons (Fsp3) is 0.0769. The van der Waals surface area contributed by atoms with Gasteiger partial charge in [0.15, 0.2) is 16.8 Å². The quantitative estimate of drug-likeness (QED) is 0.851. The number of urea groups is 1. The van der Waals surface area contributed by atoms with Crippen LogP contribution in [0.1, 0.15) is 17.3 Å². The van der Waals surface area contributed by atoms with Crippen molar-refractivity contribution in [3.8, 4) is 0 Å². The summed E-state index contributed by atoms with van der Waals surface area (Å²) in [5.41, 5.74) is 1.03. The van der Waals surface area contributed by atoms with Crippen molar-refractivity contribution in [1.29, 1.82) is 0 Å². The predicted octanol–water partition coefficient (Wildman–Crippen LogP) is 2.98. The first-order chi connectivity index (χ1) is 9.54. The number of halogens is 1. The first kappa shape index (κ1) is 14.0. The van der Waals surface area contributed by atoms with Crippen LogP contribution in [-0.2, 0) is 0 Å². The minimum Gasteiger partial charge on any atom is -0.308 e. The highest BCUT2D eigenvalue weighted by atomic mass is 35.5. The van der Waals surface area contributed by atoms with Gasteiger partial charge in [-0.25, -0.2) is 4.79 Å². The van der Waals surface area contributed by atoms with Gasteiger partial charge in [0.25, 0.3) is 0 Å². The van der Waals surface area contributed by atoms with Gasteiger partial charge in [-0.1, -0.05) is 23.7 Å². The number of benzene rings is 1. The second-order valence-corrected chi connectivity index (χ2v) is 4.34. The van der Waals surface area contributed by atoms with Crippen LogP contribution in [0.15, 0.2) is 36.4 Å². The Hall–Kier alpha value is -2.47. The van der Waals surface area contributed by atoms with Crippen LogP contribution in [0.3, 0.4) is 0 Å².